The number of aromatic amines is 1. The van der Waals surface area contributed by atoms with Crippen LogP contribution in [0.4, 0.5) is 0 Å². The Morgan fingerprint density at radius 3 is 2.44 bits per heavy atom. The number of hydrogen-bond acceptors (Lipinski definition) is 4. The van der Waals surface area contributed by atoms with Crippen LogP contribution in [-0.2, 0) is 9.47 Å². The molecule has 0 saturated heterocycles. The van der Waals surface area contributed by atoms with Crippen LogP contribution in [0.1, 0.15) is 32.1 Å². The van der Waals surface area contributed by atoms with Crippen LogP contribution in [0.15, 0.2) is 11.6 Å². The fourth-order valence-corrected chi connectivity index (χ4v) is 1.63. The van der Waals surface area contributed by atoms with E-state index >= 15 is 0 Å². The van der Waals surface area contributed by atoms with Gasteiger partial charge in [0.15, 0.2) is 0 Å². The van der Waals surface area contributed by atoms with Crippen molar-refractivity contribution in [1.82, 2.24) is 4.98 Å². The lowest BCUT2D eigenvalue weighted by Gasteiger charge is -2.03. The summed E-state index contributed by atoms with van der Waals surface area (Å²) in [5, 5.41) is 0.220. The summed E-state index contributed by atoms with van der Waals surface area (Å²) >= 11 is 5.50. The third-order valence-corrected chi connectivity index (χ3v) is 2.50. The zero-order chi connectivity index (χ0) is 13.9. The molecule has 0 fully saturated rings. The Bertz CT molecular complexity index is 504. The van der Waals surface area contributed by atoms with Crippen molar-refractivity contribution in [1.29, 1.82) is 0 Å². The summed E-state index contributed by atoms with van der Waals surface area (Å²) in [6.07, 6.45) is 0. The summed E-state index contributed by atoms with van der Waals surface area (Å²) in [5.41, 5.74) is 1.60. The molecule has 0 aromatic carbocycles. The van der Waals surface area contributed by atoms with Crippen molar-refractivity contribution < 1.29 is 19.1 Å². The van der Waals surface area contributed by atoms with Gasteiger partial charge in [0.05, 0.1) is 12.7 Å². The SMILES string of the molecule is C=C(Cl)COC(=O)c1[nH]c(C)c(C(=O)OC)c1C. The highest BCUT2D eigenvalue weighted by molar-refractivity contribution is 6.29. The number of nitrogens with one attached hydrogen (secondary N) is 1. The van der Waals surface area contributed by atoms with Crippen LogP contribution in [0.3, 0.4) is 0 Å². The molecule has 0 saturated carbocycles. The second-order valence-electron chi connectivity index (χ2n) is 3.71. The van der Waals surface area contributed by atoms with Gasteiger partial charge < -0.3 is 14.5 Å². The quantitative estimate of drug-likeness (QED) is 0.854. The van der Waals surface area contributed by atoms with Gasteiger partial charge in [0, 0.05) is 10.7 Å². The molecule has 1 heterocycles. The van der Waals surface area contributed by atoms with Gasteiger partial charge in [0.2, 0.25) is 0 Å². The maximum atomic E-state index is 11.7. The maximum absolute atomic E-state index is 11.7. The highest BCUT2D eigenvalue weighted by atomic mass is 35.5. The van der Waals surface area contributed by atoms with Crippen molar-refractivity contribution in [2.45, 2.75) is 13.8 Å². The average Bonchev–Trinajstić information content (AvgIpc) is 2.61. The van der Waals surface area contributed by atoms with E-state index in [2.05, 4.69) is 16.3 Å². The van der Waals surface area contributed by atoms with Gasteiger partial charge in [-0.1, -0.05) is 18.2 Å². The molecule has 0 unspecified atom stereocenters. The molecule has 0 atom stereocenters. The topological polar surface area (TPSA) is 68.4 Å². The molecule has 0 aliphatic heterocycles. The Morgan fingerprint density at radius 2 is 1.94 bits per heavy atom. The van der Waals surface area contributed by atoms with Crippen LogP contribution in [0.5, 0.6) is 0 Å². The molecule has 6 heteroatoms. The Morgan fingerprint density at radius 1 is 1.33 bits per heavy atom. The molecule has 5 nitrogen and oxygen atoms in total. The van der Waals surface area contributed by atoms with Crippen molar-refractivity contribution in [2.75, 3.05) is 13.7 Å². The molecule has 0 aliphatic rings. The standard InChI is InChI=1S/C12H14ClNO4/c1-6(13)5-18-12(16)10-7(2)9(8(3)14-10)11(15)17-4/h14H,1,5H2,2-4H3. The van der Waals surface area contributed by atoms with Crippen LogP contribution >= 0.6 is 11.6 Å². The summed E-state index contributed by atoms with van der Waals surface area (Å²) in [4.78, 5) is 26.1. The predicted molar refractivity (Wildman–Crippen MR) is 66.9 cm³/mol. The lowest BCUT2D eigenvalue weighted by molar-refractivity contribution is 0.0539. The molecule has 0 spiro atoms. The Hall–Kier alpha value is -1.75. The zero-order valence-corrected chi connectivity index (χ0v) is 11.2. The molecule has 0 amide bonds. The number of esters is 2. The highest BCUT2D eigenvalue weighted by Crippen LogP contribution is 2.19. The average molecular weight is 272 g/mol. The van der Waals surface area contributed by atoms with Crippen molar-refractivity contribution in [3.05, 3.63) is 34.1 Å². The van der Waals surface area contributed by atoms with E-state index in [-0.39, 0.29) is 17.3 Å². The van der Waals surface area contributed by atoms with Crippen molar-refractivity contribution in [3.63, 3.8) is 0 Å². The fourth-order valence-electron chi connectivity index (χ4n) is 1.58. The van der Waals surface area contributed by atoms with Crippen LogP contribution in [-0.4, -0.2) is 30.6 Å². The maximum Gasteiger partial charge on any atom is 0.355 e. The van der Waals surface area contributed by atoms with Crippen molar-refractivity contribution >= 4 is 23.5 Å². The summed E-state index contributed by atoms with van der Waals surface area (Å²) in [6.45, 7) is 6.65. The largest absolute Gasteiger partial charge is 0.465 e. The van der Waals surface area contributed by atoms with Crippen LogP contribution in [0.25, 0.3) is 0 Å². The number of aryl methyl sites for hydroxylation is 1. The number of methoxy groups -OCH3 is 1. The molecule has 1 rings (SSSR count). The lowest BCUT2D eigenvalue weighted by atomic mass is 10.1. The van der Waals surface area contributed by atoms with Crippen molar-refractivity contribution in [2.24, 2.45) is 0 Å². The van der Waals surface area contributed by atoms with Gasteiger partial charge in [-0.05, 0) is 19.4 Å². The number of carbonyl (C=O) groups is 2. The Kier molecular flexibility index (Phi) is 4.55. The third kappa shape index (κ3) is 2.92. The minimum absolute atomic E-state index is 0.0779. The zero-order valence-electron chi connectivity index (χ0n) is 10.4. The monoisotopic (exact) mass is 271 g/mol. The molecular formula is C12H14ClNO4. The first-order chi connectivity index (χ1) is 8.38. The summed E-state index contributed by atoms with van der Waals surface area (Å²) in [6, 6.07) is 0. The number of carbonyl (C=O) groups excluding carboxylic acids is 2. The van der Waals surface area contributed by atoms with Crippen molar-refractivity contribution in [3.8, 4) is 0 Å². The summed E-state index contributed by atoms with van der Waals surface area (Å²) in [5.74, 6) is -1.09. The van der Waals surface area contributed by atoms with E-state index in [4.69, 9.17) is 16.3 Å². The minimum atomic E-state index is -0.590. The fraction of sp³-hybridized carbons (Fsp3) is 0.333. The van der Waals surface area contributed by atoms with Crippen LogP contribution in [0.2, 0.25) is 0 Å². The number of rotatable bonds is 4. The normalized spacial score (nSPS) is 10.0. The van der Waals surface area contributed by atoms with Gasteiger partial charge in [-0.25, -0.2) is 9.59 Å². The molecule has 1 N–H and O–H groups in total. The lowest BCUT2D eigenvalue weighted by Crippen LogP contribution is -2.09. The van der Waals surface area contributed by atoms with Gasteiger partial charge >= 0.3 is 11.9 Å². The van der Waals surface area contributed by atoms with Crippen LogP contribution < -0.4 is 0 Å². The number of aromatic nitrogens is 1. The molecule has 18 heavy (non-hydrogen) atoms. The second-order valence-corrected chi connectivity index (χ2v) is 4.24. The van der Waals surface area contributed by atoms with Gasteiger partial charge in [0.25, 0.3) is 0 Å². The predicted octanol–water partition coefficient (Wildman–Crippen LogP) is 2.33. The van der Waals surface area contributed by atoms with E-state index in [1.807, 2.05) is 0 Å². The highest BCUT2D eigenvalue weighted by Gasteiger charge is 2.23. The van der Waals surface area contributed by atoms with Gasteiger partial charge in [-0.3, -0.25) is 0 Å². The Labute approximate surface area is 110 Å². The number of hydrogen-bond donors (Lipinski definition) is 1. The molecular weight excluding hydrogens is 258 g/mol. The third-order valence-electron chi connectivity index (χ3n) is 2.39. The first-order valence-corrected chi connectivity index (χ1v) is 5.54. The first kappa shape index (κ1) is 14.3. The van der Waals surface area contributed by atoms with Crippen LogP contribution in [0, 0.1) is 13.8 Å². The van der Waals surface area contributed by atoms with E-state index in [0.29, 0.717) is 16.8 Å². The second kappa shape index (κ2) is 5.73. The number of H-pyrrole nitrogens is 1. The molecule has 0 bridgehead atoms. The molecule has 98 valence electrons. The summed E-state index contributed by atoms with van der Waals surface area (Å²) in [7, 11) is 1.28. The van der Waals surface area contributed by atoms with E-state index in [9.17, 15) is 9.59 Å². The van der Waals surface area contributed by atoms with E-state index in [0.717, 1.165) is 0 Å². The number of ether oxygens (including phenoxy) is 2. The number of halogens is 1. The van der Waals surface area contributed by atoms with Gasteiger partial charge in [-0.15, -0.1) is 0 Å². The molecule has 0 aliphatic carbocycles. The van der Waals surface area contributed by atoms with E-state index < -0.39 is 11.9 Å². The first-order valence-electron chi connectivity index (χ1n) is 5.16. The minimum Gasteiger partial charge on any atom is -0.465 e. The van der Waals surface area contributed by atoms with Gasteiger partial charge in [0.1, 0.15) is 12.3 Å². The van der Waals surface area contributed by atoms with Gasteiger partial charge in [-0.2, -0.15) is 0 Å². The van der Waals surface area contributed by atoms with E-state index in [1.165, 1.54) is 7.11 Å². The van der Waals surface area contributed by atoms with E-state index in [1.54, 1.807) is 13.8 Å². The Balaban J connectivity index is 3.01. The molecule has 1 aromatic rings. The smallest absolute Gasteiger partial charge is 0.355 e. The summed E-state index contributed by atoms with van der Waals surface area (Å²) < 4.78 is 9.54. The molecule has 0 radical (unpaired) electrons. The molecule has 1 aromatic heterocycles.